The minimum absolute atomic E-state index is 0.00231. The Morgan fingerprint density at radius 2 is 2.16 bits per heavy atom. The topological polar surface area (TPSA) is 66.5 Å². The van der Waals surface area contributed by atoms with Crippen LogP contribution in [0.5, 0.6) is 0 Å². The summed E-state index contributed by atoms with van der Waals surface area (Å²) >= 11 is 1.65. The van der Waals surface area contributed by atoms with E-state index in [9.17, 15) is 13.2 Å². The first-order valence-corrected chi connectivity index (χ1v) is 8.52. The van der Waals surface area contributed by atoms with Crippen LogP contribution in [0.4, 0.5) is 0 Å². The zero-order valence-corrected chi connectivity index (χ0v) is 13.1. The van der Waals surface area contributed by atoms with Gasteiger partial charge in [-0.1, -0.05) is 13.0 Å². The SMILES string of the molecule is C[C@H](CNC(=O)CCS(=O)(=O)N(C)C)c1cccs1. The van der Waals surface area contributed by atoms with Gasteiger partial charge in [0.15, 0.2) is 0 Å². The van der Waals surface area contributed by atoms with Gasteiger partial charge in [0.25, 0.3) is 0 Å². The molecule has 0 aliphatic carbocycles. The van der Waals surface area contributed by atoms with Crippen molar-refractivity contribution in [1.82, 2.24) is 9.62 Å². The van der Waals surface area contributed by atoms with Crippen molar-refractivity contribution in [2.75, 3.05) is 26.4 Å². The summed E-state index contributed by atoms with van der Waals surface area (Å²) in [5, 5.41) is 4.76. The zero-order chi connectivity index (χ0) is 14.5. The fourth-order valence-electron chi connectivity index (χ4n) is 1.43. The molecule has 0 aliphatic rings. The lowest BCUT2D eigenvalue weighted by atomic mass is 10.1. The molecule has 0 saturated carbocycles. The zero-order valence-electron chi connectivity index (χ0n) is 11.4. The molecule has 0 aromatic carbocycles. The Labute approximate surface area is 118 Å². The lowest BCUT2D eigenvalue weighted by molar-refractivity contribution is -0.120. The highest BCUT2D eigenvalue weighted by atomic mass is 32.2. The predicted octanol–water partition coefficient (Wildman–Crippen LogP) is 1.25. The number of rotatable bonds is 7. The molecular weight excluding hydrogens is 284 g/mol. The number of carbonyl (C=O) groups excluding carboxylic acids is 1. The van der Waals surface area contributed by atoms with Crippen LogP contribution in [0, 0.1) is 0 Å². The smallest absolute Gasteiger partial charge is 0.221 e. The molecule has 1 atom stereocenters. The van der Waals surface area contributed by atoms with E-state index in [0.29, 0.717) is 6.54 Å². The Balaban J connectivity index is 2.33. The summed E-state index contributed by atoms with van der Waals surface area (Å²) in [6, 6.07) is 4.00. The van der Waals surface area contributed by atoms with E-state index in [0.717, 1.165) is 4.31 Å². The van der Waals surface area contributed by atoms with Gasteiger partial charge < -0.3 is 5.32 Å². The van der Waals surface area contributed by atoms with Crippen LogP contribution in [-0.2, 0) is 14.8 Å². The second-order valence-corrected chi connectivity index (χ2v) is 7.85. The normalized spacial score (nSPS) is 13.5. The Bertz CT molecular complexity index is 495. The number of hydrogen-bond donors (Lipinski definition) is 1. The van der Waals surface area contributed by atoms with Gasteiger partial charge in [-0.15, -0.1) is 11.3 Å². The third-order valence-electron chi connectivity index (χ3n) is 2.78. The lowest BCUT2D eigenvalue weighted by Crippen LogP contribution is -2.31. The summed E-state index contributed by atoms with van der Waals surface area (Å²) < 4.78 is 24.1. The van der Waals surface area contributed by atoms with Gasteiger partial charge in [0.2, 0.25) is 15.9 Å². The summed E-state index contributed by atoms with van der Waals surface area (Å²) in [6.45, 7) is 2.56. The number of nitrogens with zero attached hydrogens (tertiary/aromatic N) is 1. The quantitative estimate of drug-likeness (QED) is 0.824. The van der Waals surface area contributed by atoms with E-state index >= 15 is 0 Å². The largest absolute Gasteiger partial charge is 0.355 e. The molecule has 0 radical (unpaired) electrons. The van der Waals surface area contributed by atoms with Crippen molar-refractivity contribution in [2.24, 2.45) is 0 Å². The van der Waals surface area contributed by atoms with Crippen molar-refractivity contribution in [2.45, 2.75) is 19.3 Å². The van der Waals surface area contributed by atoms with Crippen molar-refractivity contribution in [3.8, 4) is 0 Å². The highest BCUT2D eigenvalue weighted by Gasteiger charge is 2.16. The van der Waals surface area contributed by atoms with Gasteiger partial charge in [0, 0.05) is 37.9 Å². The first kappa shape index (κ1) is 16.1. The van der Waals surface area contributed by atoms with Gasteiger partial charge in [-0.25, -0.2) is 12.7 Å². The second kappa shape index (κ2) is 7.02. The molecular formula is C12H20N2O3S2. The van der Waals surface area contributed by atoms with Crippen LogP contribution >= 0.6 is 11.3 Å². The van der Waals surface area contributed by atoms with Crippen molar-refractivity contribution in [1.29, 1.82) is 0 Å². The third-order valence-corrected chi connectivity index (χ3v) is 5.71. The molecule has 0 fully saturated rings. The molecule has 1 amide bonds. The van der Waals surface area contributed by atoms with E-state index in [2.05, 4.69) is 5.32 Å². The predicted molar refractivity (Wildman–Crippen MR) is 77.8 cm³/mol. The maximum absolute atomic E-state index is 11.6. The molecule has 0 bridgehead atoms. The number of carbonyl (C=O) groups is 1. The van der Waals surface area contributed by atoms with Gasteiger partial charge in [0.05, 0.1) is 5.75 Å². The van der Waals surface area contributed by atoms with Gasteiger partial charge in [-0.05, 0) is 11.4 Å². The number of amides is 1. The summed E-state index contributed by atoms with van der Waals surface area (Å²) in [6.07, 6.45) is -0.00231. The Kier molecular flexibility index (Phi) is 5.96. The summed E-state index contributed by atoms with van der Waals surface area (Å²) in [7, 11) is -0.372. The van der Waals surface area contributed by atoms with Crippen molar-refractivity contribution >= 4 is 27.3 Å². The fraction of sp³-hybridized carbons (Fsp3) is 0.583. The molecule has 0 saturated heterocycles. The van der Waals surface area contributed by atoms with Crippen LogP contribution < -0.4 is 5.32 Å². The molecule has 5 nitrogen and oxygen atoms in total. The van der Waals surface area contributed by atoms with Gasteiger partial charge in [0.1, 0.15) is 0 Å². The van der Waals surface area contributed by atoms with Crippen LogP contribution in [0.25, 0.3) is 0 Å². The summed E-state index contributed by atoms with van der Waals surface area (Å²) in [4.78, 5) is 12.8. The number of hydrogen-bond acceptors (Lipinski definition) is 4. The lowest BCUT2D eigenvalue weighted by Gasteiger charge is -2.13. The van der Waals surface area contributed by atoms with Gasteiger partial charge >= 0.3 is 0 Å². The molecule has 0 spiro atoms. The van der Waals surface area contributed by atoms with Crippen molar-refractivity contribution in [3.63, 3.8) is 0 Å². The molecule has 1 aromatic rings. The highest BCUT2D eigenvalue weighted by Crippen LogP contribution is 2.19. The van der Waals surface area contributed by atoms with Gasteiger partial charge in [-0.2, -0.15) is 0 Å². The minimum Gasteiger partial charge on any atom is -0.355 e. The van der Waals surface area contributed by atoms with E-state index in [1.807, 2.05) is 24.4 Å². The van der Waals surface area contributed by atoms with Crippen LogP contribution in [0.3, 0.4) is 0 Å². The molecule has 1 N–H and O–H groups in total. The highest BCUT2D eigenvalue weighted by molar-refractivity contribution is 7.89. The first-order valence-electron chi connectivity index (χ1n) is 6.03. The summed E-state index contributed by atoms with van der Waals surface area (Å²) in [5.41, 5.74) is 0. The van der Waals surface area contributed by atoms with Gasteiger partial charge in [-0.3, -0.25) is 4.79 Å². The van der Waals surface area contributed by atoms with Crippen LogP contribution in [0.2, 0.25) is 0 Å². The molecule has 1 aromatic heterocycles. The van der Waals surface area contributed by atoms with E-state index < -0.39 is 10.0 Å². The Morgan fingerprint density at radius 1 is 1.47 bits per heavy atom. The summed E-state index contributed by atoms with van der Waals surface area (Å²) in [5.74, 6) is -0.137. The maximum Gasteiger partial charge on any atom is 0.221 e. The molecule has 7 heteroatoms. The van der Waals surface area contributed by atoms with Crippen LogP contribution in [0.1, 0.15) is 24.1 Å². The van der Waals surface area contributed by atoms with Crippen LogP contribution in [0.15, 0.2) is 17.5 Å². The van der Waals surface area contributed by atoms with E-state index in [-0.39, 0.29) is 24.0 Å². The van der Waals surface area contributed by atoms with E-state index in [1.165, 1.54) is 19.0 Å². The molecule has 1 rings (SSSR count). The Morgan fingerprint density at radius 3 is 2.68 bits per heavy atom. The number of nitrogens with one attached hydrogen (secondary N) is 1. The molecule has 0 aliphatic heterocycles. The molecule has 108 valence electrons. The van der Waals surface area contributed by atoms with Crippen LogP contribution in [-0.4, -0.2) is 45.0 Å². The Hall–Kier alpha value is -0.920. The standard InChI is InChI=1S/C12H20N2O3S2/c1-10(11-5-4-7-18-11)9-13-12(15)6-8-19(16,17)14(2)3/h4-5,7,10H,6,8-9H2,1-3H3,(H,13,15)/t10-/m1/s1. The first-order chi connectivity index (χ1) is 8.83. The van der Waals surface area contributed by atoms with Crippen molar-refractivity contribution in [3.05, 3.63) is 22.4 Å². The fourth-order valence-corrected chi connectivity index (χ4v) is 3.03. The molecule has 19 heavy (non-hydrogen) atoms. The second-order valence-electron chi connectivity index (χ2n) is 4.57. The van der Waals surface area contributed by atoms with E-state index in [4.69, 9.17) is 0 Å². The van der Waals surface area contributed by atoms with Crippen molar-refractivity contribution < 1.29 is 13.2 Å². The van der Waals surface area contributed by atoms with E-state index in [1.54, 1.807) is 11.3 Å². The molecule has 1 heterocycles. The minimum atomic E-state index is -3.30. The maximum atomic E-state index is 11.6. The number of thiophene rings is 1. The molecule has 0 unspecified atom stereocenters. The number of sulfonamides is 1. The third kappa shape index (κ3) is 5.30. The monoisotopic (exact) mass is 304 g/mol. The average Bonchev–Trinajstić information content (AvgIpc) is 2.87. The average molecular weight is 304 g/mol.